The fourth-order valence-electron chi connectivity index (χ4n) is 1.67. The van der Waals surface area contributed by atoms with Crippen LogP contribution in [0, 0.1) is 0 Å². The molecule has 80 valence electrons. The molecular formula is C11H8N2O2S. The van der Waals surface area contributed by atoms with Gasteiger partial charge in [0.15, 0.2) is 0 Å². The van der Waals surface area contributed by atoms with Crippen molar-refractivity contribution >= 4 is 34.3 Å². The van der Waals surface area contributed by atoms with Gasteiger partial charge in [0, 0.05) is 10.8 Å². The molecular weight excluding hydrogens is 224 g/mol. The normalized spacial score (nSPS) is 13.1. The largest absolute Gasteiger partial charge is 0.506 e. The first-order valence-electron chi connectivity index (χ1n) is 4.72. The molecule has 5 heteroatoms. The second kappa shape index (κ2) is 3.24. The van der Waals surface area contributed by atoms with Crippen molar-refractivity contribution in [1.29, 1.82) is 0 Å². The standard InChI is InChI=1S/C11H8N2O2S/c14-9-3-1-2-7-10(9)13-11(15)6-4-16-5-8(6)12-7/h1-5,12,14H,(H,13,15). The molecule has 0 bridgehead atoms. The summed E-state index contributed by atoms with van der Waals surface area (Å²) in [6.45, 7) is 0. The Labute approximate surface area is 95.5 Å². The highest BCUT2D eigenvalue weighted by Gasteiger charge is 2.21. The summed E-state index contributed by atoms with van der Waals surface area (Å²) in [7, 11) is 0. The summed E-state index contributed by atoms with van der Waals surface area (Å²) in [4.78, 5) is 11.8. The molecule has 0 spiro atoms. The van der Waals surface area contributed by atoms with E-state index in [-0.39, 0.29) is 11.7 Å². The topological polar surface area (TPSA) is 61.4 Å². The zero-order valence-corrected chi connectivity index (χ0v) is 8.97. The lowest BCUT2D eigenvalue weighted by Gasteiger charge is -2.08. The van der Waals surface area contributed by atoms with Gasteiger partial charge in [-0.05, 0) is 12.1 Å². The number of amides is 1. The second-order valence-electron chi connectivity index (χ2n) is 3.48. The summed E-state index contributed by atoms with van der Waals surface area (Å²) in [5.74, 6) is -0.142. The van der Waals surface area contributed by atoms with Gasteiger partial charge in [-0.25, -0.2) is 0 Å². The lowest BCUT2D eigenvalue weighted by molar-refractivity contribution is 0.102. The third kappa shape index (κ3) is 1.25. The van der Waals surface area contributed by atoms with Gasteiger partial charge < -0.3 is 15.7 Å². The molecule has 1 aromatic carbocycles. The number of hydrogen-bond donors (Lipinski definition) is 3. The van der Waals surface area contributed by atoms with Crippen molar-refractivity contribution < 1.29 is 9.90 Å². The second-order valence-corrected chi connectivity index (χ2v) is 4.22. The van der Waals surface area contributed by atoms with Crippen molar-refractivity contribution in [3.63, 3.8) is 0 Å². The Morgan fingerprint density at radius 1 is 1.12 bits per heavy atom. The van der Waals surface area contributed by atoms with Gasteiger partial charge in [0.2, 0.25) is 0 Å². The summed E-state index contributed by atoms with van der Waals surface area (Å²) >= 11 is 1.46. The van der Waals surface area contributed by atoms with Gasteiger partial charge in [-0.2, -0.15) is 0 Å². The molecule has 2 aromatic rings. The summed E-state index contributed by atoms with van der Waals surface area (Å²) in [5, 5.41) is 19.1. The number of aromatic hydroxyl groups is 1. The van der Waals surface area contributed by atoms with Crippen molar-refractivity contribution in [3.8, 4) is 5.75 Å². The Bertz CT molecular complexity index is 577. The van der Waals surface area contributed by atoms with Crippen LogP contribution in [0.3, 0.4) is 0 Å². The molecule has 1 amide bonds. The number of phenolic OH excluding ortho intramolecular Hbond substituents is 1. The van der Waals surface area contributed by atoms with Gasteiger partial charge in [0.05, 0.1) is 16.9 Å². The zero-order chi connectivity index (χ0) is 11.1. The molecule has 3 N–H and O–H groups in total. The Kier molecular flexibility index (Phi) is 1.87. The van der Waals surface area contributed by atoms with Crippen LogP contribution in [0.4, 0.5) is 17.1 Å². The van der Waals surface area contributed by atoms with E-state index in [1.54, 1.807) is 17.5 Å². The molecule has 16 heavy (non-hydrogen) atoms. The van der Waals surface area contributed by atoms with E-state index in [1.807, 2.05) is 11.4 Å². The number of fused-ring (bicyclic) bond motifs is 2. The Hall–Kier alpha value is -2.01. The van der Waals surface area contributed by atoms with Gasteiger partial charge in [0.25, 0.3) is 5.91 Å². The minimum absolute atomic E-state index is 0.0622. The van der Waals surface area contributed by atoms with Gasteiger partial charge in [-0.15, -0.1) is 11.3 Å². The lowest BCUT2D eigenvalue weighted by Crippen LogP contribution is -2.09. The molecule has 0 saturated carbocycles. The number of hydrogen-bond acceptors (Lipinski definition) is 4. The van der Waals surface area contributed by atoms with Crippen LogP contribution >= 0.6 is 11.3 Å². The number of nitrogens with one attached hydrogen (secondary N) is 2. The van der Waals surface area contributed by atoms with Gasteiger partial charge in [-0.3, -0.25) is 4.79 Å². The van der Waals surface area contributed by atoms with Crippen LogP contribution in [-0.2, 0) is 0 Å². The van der Waals surface area contributed by atoms with E-state index < -0.39 is 0 Å². The summed E-state index contributed by atoms with van der Waals surface area (Å²) < 4.78 is 0. The molecule has 0 radical (unpaired) electrons. The van der Waals surface area contributed by atoms with E-state index in [0.29, 0.717) is 16.9 Å². The maximum absolute atomic E-state index is 11.8. The average molecular weight is 232 g/mol. The van der Waals surface area contributed by atoms with Crippen LogP contribution in [0.5, 0.6) is 5.75 Å². The van der Waals surface area contributed by atoms with Crippen molar-refractivity contribution in [3.05, 3.63) is 34.5 Å². The third-order valence-corrected chi connectivity index (χ3v) is 3.20. The molecule has 1 aliphatic rings. The lowest BCUT2D eigenvalue weighted by atomic mass is 10.2. The molecule has 1 aliphatic heterocycles. The zero-order valence-electron chi connectivity index (χ0n) is 8.15. The number of rotatable bonds is 0. The first-order chi connectivity index (χ1) is 7.75. The number of phenols is 1. The van der Waals surface area contributed by atoms with Crippen LogP contribution in [-0.4, -0.2) is 11.0 Å². The summed E-state index contributed by atoms with van der Waals surface area (Å²) in [6, 6.07) is 5.08. The minimum Gasteiger partial charge on any atom is -0.506 e. The predicted molar refractivity (Wildman–Crippen MR) is 63.7 cm³/mol. The molecule has 0 unspecified atom stereocenters. The Balaban J connectivity index is 2.20. The van der Waals surface area contributed by atoms with Crippen LogP contribution in [0.15, 0.2) is 29.0 Å². The average Bonchev–Trinajstić information content (AvgIpc) is 2.66. The predicted octanol–water partition coefficient (Wildman–Crippen LogP) is 2.76. The van der Waals surface area contributed by atoms with Crippen LogP contribution in [0.1, 0.15) is 10.4 Å². The van der Waals surface area contributed by atoms with Gasteiger partial charge in [0.1, 0.15) is 11.4 Å². The fourth-order valence-corrected chi connectivity index (χ4v) is 2.43. The highest BCUT2D eigenvalue weighted by Crippen LogP contribution is 2.38. The van der Waals surface area contributed by atoms with Gasteiger partial charge in [-0.1, -0.05) is 6.07 Å². The molecule has 2 heterocycles. The van der Waals surface area contributed by atoms with Crippen molar-refractivity contribution in [1.82, 2.24) is 0 Å². The highest BCUT2D eigenvalue weighted by molar-refractivity contribution is 7.08. The van der Waals surface area contributed by atoms with Gasteiger partial charge >= 0.3 is 0 Å². The molecule has 0 fully saturated rings. The SMILES string of the molecule is O=C1Nc2c(O)cccc2Nc2cscc21. The smallest absolute Gasteiger partial charge is 0.258 e. The molecule has 4 nitrogen and oxygen atoms in total. The van der Waals surface area contributed by atoms with E-state index in [9.17, 15) is 9.90 Å². The van der Waals surface area contributed by atoms with E-state index in [0.717, 1.165) is 5.69 Å². The maximum atomic E-state index is 11.8. The number of anilines is 3. The third-order valence-electron chi connectivity index (χ3n) is 2.46. The number of para-hydroxylation sites is 1. The maximum Gasteiger partial charge on any atom is 0.258 e. The van der Waals surface area contributed by atoms with E-state index in [2.05, 4.69) is 10.6 Å². The monoisotopic (exact) mass is 232 g/mol. The Morgan fingerprint density at radius 3 is 2.88 bits per heavy atom. The fraction of sp³-hybridized carbons (Fsp3) is 0. The minimum atomic E-state index is -0.205. The number of carbonyl (C=O) groups excluding carboxylic acids is 1. The van der Waals surface area contributed by atoms with E-state index >= 15 is 0 Å². The van der Waals surface area contributed by atoms with Crippen molar-refractivity contribution in [2.24, 2.45) is 0 Å². The summed E-state index contributed by atoms with van der Waals surface area (Å²) in [6.07, 6.45) is 0. The van der Waals surface area contributed by atoms with Crippen molar-refractivity contribution in [2.75, 3.05) is 10.6 Å². The van der Waals surface area contributed by atoms with Crippen LogP contribution in [0.25, 0.3) is 0 Å². The number of thiophene rings is 1. The highest BCUT2D eigenvalue weighted by atomic mass is 32.1. The van der Waals surface area contributed by atoms with Crippen LogP contribution < -0.4 is 10.6 Å². The first-order valence-corrected chi connectivity index (χ1v) is 5.66. The van der Waals surface area contributed by atoms with Crippen LogP contribution in [0.2, 0.25) is 0 Å². The van der Waals surface area contributed by atoms with E-state index in [4.69, 9.17) is 0 Å². The number of benzene rings is 1. The summed E-state index contributed by atoms with van der Waals surface area (Å²) in [5.41, 5.74) is 2.49. The molecule has 0 aliphatic carbocycles. The first kappa shape index (κ1) is 9.23. The quantitative estimate of drug-likeness (QED) is 0.612. The molecule has 0 saturated heterocycles. The Morgan fingerprint density at radius 2 is 2.00 bits per heavy atom. The molecule has 1 aromatic heterocycles. The van der Waals surface area contributed by atoms with Crippen molar-refractivity contribution in [2.45, 2.75) is 0 Å². The molecule has 0 atom stereocenters. The number of carbonyl (C=O) groups is 1. The molecule has 3 rings (SSSR count). The van der Waals surface area contributed by atoms with E-state index in [1.165, 1.54) is 11.3 Å².